The Bertz CT molecular complexity index is 487. The fourth-order valence-corrected chi connectivity index (χ4v) is 3.74. The molecule has 0 aliphatic heterocycles. The normalized spacial score (nSPS) is 10.9. The average molecular weight is 439 g/mol. The summed E-state index contributed by atoms with van der Waals surface area (Å²) >= 11 is 3.37. The van der Waals surface area contributed by atoms with E-state index in [4.69, 9.17) is 4.74 Å². The lowest BCUT2D eigenvalue weighted by molar-refractivity contribution is 0.0497. The molecule has 0 radical (unpaired) electrons. The van der Waals surface area contributed by atoms with Crippen molar-refractivity contribution in [2.75, 3.05) is 6.61 Å². The van der Waals surface area contributed by atoms with Gasteiger partial charge in [0.1, 0.15) is 0 Å². The van der Waals surface area contributed by atoms with Gasteiger partial charge >= 0.3 is 5.97 Å². The van der Waals surface area contributed by atoms with Crippen molar-refractivity contribution < 1.29 is 9.53 Å². The van der Waals surface area contributed by atoms with E-state index in [0.29, 0.717) is 12.2 Å². The Morgan fingerprint density at radius 3 is 1.74 bits per heavy atom. The SMILES string of the molecule is CCCCCCCCCCCCCCCCCOC(=O)c1cccc(Br)c1. The van der Waals surface area contributed by atoms with Gasteiger partial charge in [-0.1, -0.05) is 119 Å². The lowest BCUT2D eigenvalue weighted by Gasteiger charge is -2.05. The highest BCUT2D eigenvalue weighted by Crippen LogP contribution is 2.14. The lowest BCUT2D eigenvalue weighted by Crippen LogP contribution is -2.06. The highest BCUT2D eigenvalue weighted by molar-refractivity contribution is 9.10. The van der Waals surface area contributed by atoms with Gasteiger partial charge in [0, 0.05) is 4.47 Å². The summed E-state index contributed by atoms with van der Waals surface area (Å²) < 4.78 is 6.24. The van der Waals surface area contributed by atoms with Gasteiger partial charge in [-0.15, -0.1) is 0 Å². The Kier molecular flexibility index (Phi) is 15.5. The van der Waals surface area contributed by atoms with Crippen LogP contribution < -0.4 is 0 Å². The molecular formula is C24H39BrO2. The summed E-state index contributed by atoms with van der Waals surface area (Å²) in [5, 5.41) is 0. The van der Waals surface area contributed by atoms with E-state index in [0.717, 1.165) is 17.3 Å². The first-order chi connectivity index (χ1) is 13.2. The van der Waals surface area contributed by atoms with Gasteiger partial charge < -0.3 is 4.74 Å². The third kappa shape index (κ3) is 13.9. The summed E-state index contributed by atoms with van der Waals surface area (Å²) in [4.78, 5) is 11.9. The third-order valence-electron chi connectivity index (χ3n) is 5.04. The number of rotatable bonds is 17. The van der Waals surface area contributed by atoms with Crippen LogP contribution in [0.25, 0.3) is 0 Å². The fraction of sp³-hybridized carbons (Fsp3) is 0.708. The zero-order valence-corrected chi connectivity index (χ0v) is 18.9. The van der Waals surface area contributed by atoms with E-state index in [1.165, 1.54) is 83.5 Å². The highest BCUT2D eigenvalue weighted by Gasteiger charge is 2.06. The molecule has 1 aromatic rings. The summed E-state index contributed by atoms with van der Waals surface area (Å²) in [7, 11) is 0. The number of carbonyl (C=O) groups excluding carboxylic acids is 1. The molecule has 154 valence electrons. The summed E-state index contributed by atoms with van der Waals surface area (Å²) in [5.41, 5.74) is 0.616. The fourth-order valence-electron chi connectivity index (χ4n) is 3.34. The topological polar surface area (TPSA) is 26.3 Å². The maximum absolute atomic E-state index is 11.9. The van der Waals surface area contributed by atoms with E-state index < -0.39 is 0 Å². The molecule has 1 rings (SSSR count). The minimum Gasteiger partial charge on any atom is -0.462 e. The minimum atomic E-state index is -0.221. The number of benzene rings is 1. The van der Waals surface area contributed by atoms with Crippen molar-refractivity contribution in [3.05, 3.63) is 34.3 Å². The average Bonchev–Trinajstić information content (AvgIpc) is 2.67. The van der Waals surface area contributed by atoms with E-state index in [-0.39, 0.29) is 5.97 Å². The predicted octanol–water partition coefficient (Wildman–Crippen LogP) is 8.48. The van der Waals surface area contributed by atoms with Crippen LogP contribution in [0.3, 0.4) is 0 Å². The van der Waals surface area contributed by atoms with Crippen molar-refractivity contribution in [3.8, 4) is 0 Å². The second kappa shape index (κ2) is 17.3. The van der Waals surface area contributed by atoms with E-state index in [9.17, 15) is 4.79 Å². The van der Waals surface area contributed by atoms with Crippen molar-refractivity contribution >= 4 is 21.9 Å². The van der Waals surface area contributed by atoms with E-state index in [1.807, 2.05) is 12.1 Å². The predicted molar refractivity (Wildman–Crippen MR) is 119 cm³/mol. The van der Waals surface area contributed by atoms with Crippen LogP contribution in [-0.4, -0.2) is 12.6 Å². The van der Waals surface area contributed by atoms with Gasteiger partial charge in [-0.05, 0) is 24.6 Å². The Hall–Kier alpha value is -0.830. The molecule has 0 amide bonds. The molecule has 0 fully saturated rings. The molecule has 0 aliphatic rings. The molecule has 0 unspecified atom stereocenters. The number of ether oxygens (including phenoxy) is 1. The first kappa shape index (κ1) is 24.2. The minimum absolute atomic E-state index is 0.221. The smallest absolute Gasteiger partial charge is 0.338 e. The van der Waals surface area contributed by atoms with Gasteiger partial charge in [-0.3, -0.25) is 0 Å². The zero-order chi connectivity index (χ0) is 19.6. The van der Waals surface area contributed by atoms with Gasteiger partial charge in [0.15, 0.2) is 0 Å². The number of unbranched alkanes of at least 4 members (excludes halogenated alkanes) is 14. The van der Waals surface area contributed by atoms with Crippen LogP contribution >= 0.6 is 15.9 Å². The molecule has 0 bridgehead atoms. The first-order valence-electron chi connectivity index (χ1n) is 11.2. The van der Waals surface area contributed by atoms with Gasteiger partial charge in [-0.2, -0.15) is 0 Å². The van der Waals surface area contributed by atoms with Crippen LogP contribution in [0.1, 0.15) is 114 Å². The standard InChI is InChI=1S/C24H39BrO2/c1-2-3-4-5-6-7-8-9-10-11-12-13-14-15-16-20-27-24(26)22-18-17-19-23(25)21-22/h17-19,21H,2-16,20H2,1H3. The third-order valence-corrected chi connectivity index (χ3v) is 5.53. The van der Waals surface area contributed by atoms with Crippen LogP contribution in [0.15, 0.2) is 28.7 Å². The molecule has 0 saturated carbocycles. The molecule has 0 aliphatic carbocycles. The van der Waals surface area contributed by atoms with Crippen molar-refractivity contribution in [2.24, 2.45) is 0 Å². The number of halogens is 1. The second-order valence-electron chi connectivity index (χ2n) is 7.60. The Labute approximate surface area is 175 Å². The Morgan fingerprint density at radius 1 is 0.778 bits per heavy atom. The highest BCUT2D eigenvalue weighted by atomic mass is 79.9. The molecular weight excluding hydrogens is 400 g/mol. The van der Waals surface area contributed by atoms with Crippen molar-refractivity contribution in [3.63, 3.8) is 0 Å². The number of carbonyl (C=O) groups is 1. The van der Waals surface area contributed by atoms with E-state index in [2.05, 4.69) is 22.9 Å². The molecule has 1 aromatic carbocycles. The van der Waals surface area contributed by atoms with Crippen LogP contribution in [0.2, 0.25) is 0 Å². The first-order valence-corrected chi connectivity index (χ1v) is 12.0. The lowest BCUT2D eigenvalue weighted by atomic mass is 10.0. The summed E-state index contributed by atoms with van der Waals surface area (Å²) in [6, 6.07) is 7.36. The summed E-state index contributed by atoms with van der Waals surface area (Å²) in [6.45, 7) is 2.81. The molecule has 0 aromatic heterocycles. The summed E-state index contributed by atoms with van der Waals surface area (Å²) in [6.07, 6.45) is 20.2. The molecule has 27 heavy (non-hydrogen) atoms. The number of hydrogen-bond donors (Lipinski definition) is 0. The monoisotopic (exact) mass is 438 g/mol. The van der Waals surface area contributed by atoms with Gasteiger partial charge in [0.25, 0.3) is 0 Å². The van der Waals surface area contributed by atoms with Crippen molar-refractivity contribution in [2.45, 2.75) is 103 Å². The molecule has 0 N–H and O–H groups in total. The maximum atomic E-state index is 11.9. The summed E-state index contributed by atoms with van der Waals surface area (Å²) in [5.74, 6) is -0.221. The second-order valence-corrected chi connectivity index (χ2v) is 8.51. The molecule has 0 heterocycles. The zero-order valence-electron chi connectivity index (χ0n) is 17.3. The van der Waals surface area contributed by atoms with Gasteiger partial charge in [0.05, 0.1) is 12.2 Å². The van der Waals surface area contributed by atoms with Crippen molar-refractivity contribution in [1.29, 1.82) is 0 Å². The van der Waals surface area contributed by atoms with E-state index in [1.54, 1.807) is 12.1 Å². The van der Waals surface area contributed by atoms with Crippen LogP contribution in [0.5, 0.6) is 0 Å². The molecule has 0 saturated heterocycles. The number of esters is 1. The maximum Gasteiger partial charge on any atom is 0.338 e. The van der Waals surface area contributed by atoms with Gasteiger partial charge in [-0.25, -0.2) is 4.79 Å². The van der Waals surface area contributed by atoms with E-state index >= 15 is 0 Å². The molecule has 2 nitrogen and oxygen atoms in total. The molecule has 3 heteroatoms. The van der Waals surface area contributed by atoms with Crippen LogP contribution in [0, 0.1) is 0 Å². The molecule has 0 spiro atoms. The van der Waals surface area contributed by atoms with Crippen LogP contribution in [-0.2, 0) is 4.74 Å². The molecule has 0 atom stereocenters. The van der Waals surface area contributed by atoms with Crippen LogP contribution in [0.4, 0.5) is 0 Å². The van der Waals surface area contributed by atoms with Crippen molar-refractivity contribution in [1.82, 2.24) is 0 Å². The Morgan fingerprint density at radius 2 is 1.26 bits per heavy atom. The van der Waals surface area contributed by atoms with Gasteiger partial charge in [0.2, 0.25) is 0 Å². The number of hydrogen-bond acceptors (Lipinski definition) is 2. The Balaban J connectivity index is 1.81. The quantitative estimate of drug-likeness (QED) is 0.180. The largest absolute Gasteiger partial charge is 0.462 e.